The molecule has 2 atom stereocenters. The van der Waals surface area contributed by atoms with Gasteiger partial charge in [-0.3, -0.25) is 0 Å². The first kappa shape index (κ1) is 13.6. The van der Waals surface area contributed by atoms with Gasteiger partial charge in [0, 0.05) is 7.11 Å². The van der Waals surface area contributed by atoms with Gasteiger partial charge in [0.1, 0.15) is 5.25 Å². The first-order valence-electron chi connectivity index (χ1n) is 4.49. The van der Waals surface area contributed by atoms with E-state index in [0.717, 1.165) is 0 Å². The molecule has 0 rings (SSSR count). The lowest BCUT2D eigenvalue weighted by atomic mass is 10.0. The minimum atomic E-state index is -3.57. The van der Waals surface area contributed by atoms with Crippen molar-refractivity contribution in [1.82, 2.24) is 0 Å². The molecule has 0 heterocycles. The van der Waals surface area contributed by atoms with E-state index in [1.54, 1.807) is 6.08 Å². The minimum absolute atomic E-state index is 0.0742. The molecule has 0 unspecified atom stereocenters. The Morgan fingerprint density at radius 1 is 1.50 bits per heavy atom. The lowest BCUT2D eigenvalue weighted by Crippen LogP contribution is -2.43. The summed E-state index contributed by atoms with van der Waals surface area (Å²) in [6.07, 6.45) is 1.70. The molecule has 0 aromatic rings. The van der Waals surface area contributed by atoms with Crippen molar-refractivity contribution < 1.29 is 13.2 Å². The van der Waals surface area contributed by atoms with Crippen LogP contribution < -0.4 is 5.14 Å². The van der Waals surface area contributed by atoms with Gasteiger partial charge in [-0.25, -0.2) is 13.6 Å². The number of sulfonamides is 1. The maximum absolute atomic E-state index is 11.3. The Bertz CT molecular complexity index is 272. The van der Waals surface area contributed by atoms with Crippen LogP contribution in [0.2, 0.25) is 0 Å². The second-order valence-corrected chi connectivity index (χ2v) is 5.32. The van der Waals surface area contributed by atoms with E-state index in [-0.39, 0.29) is 5.92 Å². The van der Waals surface area contributed by atoms with Crippen LogP contribution in [0.5, 0.6) is 0 Å². The minimum Gasteiger partial charge on any atom is -0.380 e. The molecule has 0 aromatic heterocycles. The predicted octanol–water partition coefficient (Wildman–Crippen LogP) is 0.891. The van der Waals surface area contributed by atoms with E-state index in [1.807, 2.05) is 13.8 Å². The third-order valence-electron chi connectivity index (χ3n) is 2.10. The number of ether oxygens (including phenoxy) is 1. The molecule has 0 radical (unpaired) electrons. The lowest BCUT2D eigenvalue weighted by Gasteiger charge is -2.26. The summed E-state index contributed by atoms with van der Waals surface area (Å²) in [5.74, 6) is -0.0742. The summed E-state index contributed by atoms with van der Waals surface area (Å²) in [5.41, 5.74) is 0. The van der Waals surface area contributed by atoms with Crippen LogP contribution in [0.15, 0.2) is 12.7 Å². The number of nitrogens with two attached hydrogens (primary N) is 1. The van der Waals surface area contributed by atoms with E-state index >= 15 is 0 Å². The molecule has 0 aliphatic rings. The van der Waals surface area contributed by atoms with Crippen LogP contribution in [0.4, 0.5) is 0 Å². The van der Waals surface area contributed by atoms with Gasteiger partial charge in [0.15, 0.2) is 0 Å². The monoisotopic (exact) mass is 221 g/mol. The Labute approximate surface area is 86.2 Å². The van der Waals surface area contributed by atoms with Crippen molar-refractivity contribution in [3.05, 3.63) is 12.7 Å². The van der Waals surface area contributed by atoms with Crippen LogP contribution in [-0.4, -0.2) is 26.9 Å². The van der Waals surface area contributed by atoms with Gasteiger partial charge in [-0.1, -0.05) is 19.9 Å². The van der Waals surface area contributed by atoms with E-state index < -0.39 is 21.4 Å². The van der Waals surface area contributed by atoms with Gasteiger partial charge in [0.05, 0.1) is 6.10 Å². The molecular weight excluding hydrogens is 202 g/mol. The highest BCUT2D eigenvalue weighted by molar-refractivity contribution is 7.89. The quantitative estimate of drug-likeness (QED) is 0.677. The molecule has 4 nitrogen and oxygen atoms in total. The van der Waals surface area contributed by atoms with Crippen molar-refractivity contribution in [2.45, 2.75) is 31.6 Å². The zero-order valence-corrected chi connectivity index (χ0v) is 9.75. The maximum Gasteiger partial charge on any atom is 0.214 e. The fourth-order valence-electron chi connectivity index (χ4n) is 1.55. The standard InChI is InChI=1S/C9H19NO3S/c1-5-6-8(13-4)9(7(2)3)14(10,11)12/h5,7-9H,1,6H2,2-4H3,(H2,10,11,12)/t8-,9+/m0/s1. The van der Waals surface area contributed by atoms with Crippen LogP contribution in [0.25, 0.3) is 0 Å². The molecular formula is C9H19NO3S. The van der Waals surface area contributed by atoms with E-state index in [4.69, 9.17) is 9.88 Å². The van der Waals surface area contributed by atoms with Gasteiger partial charge >= 0.3 is 0 Å². The van der Waals surface area contributed by atoms with Crippen LogP contribution in [-0.2, 0) is 14.8 Å². The fraction of sp³-hybridized carbons (Fsp3) is 0.778. The molecule has 0 aromatic carbocycles. The molecule has 0 aliphatic carbocycles. The number of primary sulfonamides is 1. The Morgan fingerprint density at radius 2 is 2.00 bits per heavy atom. The van der Waals surface area contributed by atoms with Gasteiger partial charge in [-0.2, -0.15) is 0 Å². The van der Waals surface area contributed by atoms with Crippen molar-refractivity contribution in [2.24, 2.45) is 11.1 Å². The Kier molecular flexibility index (Phi) is 5.33. The molecule has 0 saturated heterocycles. The summed E-state index contributed by atoms with van der Waals surface area (Å²) >= 11 is 0. The van der Waals surface area contributed by atoms with Crippen molar-refractivity contribution in [1.29, 1.82) is 0 Å². The van der Waals surface area contributed by atoms with E-state index in [1.165, 1.54) is 7.11 Å². The lowest BCUT2D eigenvalue weighted by molar-refractivity contribution is 0.0899. The van der Waals surface area contributed by atoms with E-state index in [9.17, 15) is 8.42 Å². The van der Waals surface area contributed by atoms with Crippen LogP contribution in [0.1, 0.15) is 20.3 Å². The Morgan fingerprint density at radius 3 is 2.21 bits per heavy atom. The normalized spacial score (nSPS) is 16.6. The zero-order valence-electron chi connectivity index (χ0n) is 8.93. The highest BCUT2D eigenvalue weighted by Gasteiger charge is 2.33. The molecule has 14 heavy (non-hydrogen) atoms. The molecule has 5 heteroatoms. The van der Waals surface area contributed by atoms with E-state index in [2.05, 4.69) is 6.58 Å². The second-order valence-electron chi connectivity index (χ2n) is 3.60. The van der Waals surface area contributed by atoms with Crippen LogP contribution in [0, 0.1) is 5.92 Å². The maximum atomic E-state index is 11.3. The van der Waals surface area contributed by atoms with Crippen molar-refractivity contribution in [3.63, 3.8) is 0 Å². The largest absolute Gasteiger partial charge is 0.380 e. The number of rotatable bonds is 6. The molecule has 0 fully saturated rings. The molecule has 0 saturated carbocycles. The van der Waals surface area contributed by atoms with Crippen LogP contribution >= 0.6 is 0 Å². The summed E-state index contributed by atoms with van der Waals surface area (Å²) in [5, 5.41) is 4.47. The molecule has 0 amide bonds. The molecule has 0 spiro atoms. The smallest absolute Gasteiger partial charge is 0.214 e. The first-order valence-corrected chi connectivity index (χ1v) is 6.10. The average molecular weight is 221 g/mol. The van der Waals surface area contributed by atoms with Gasteiger partial charge in [-0.15, -0.1) is 6.58 Å². The summed E-state index contributed by atoms with van der Waals surface area (Å²) in [6, 6.07) is 0. The molecule has 0 aliphatic heterocycles. The number of hydrogen-bond donors (Lipinski definition) is 1. The number of hydrogen-bond acceptors (Lipinski definition) is 3. The zero-order chi connectivity index (χ0) is 11.4. The number of methoxy groups -OCH3 is 1. The summed E-state index contributed by atoms with van der Waals surface area (Å²) in [4.78, 5) is 0. The summed E-state index contributed by atoms with van der Waals surface area (Å²) in [7, 11) is -2.09. The fourth-order valence-corrected chi connectivity index (χ4v) is 2.95. The van der Waals surface area contributed by atoms with Crippen molar-refractivity contribution >= 4 is 10.0 Å². The second kappa shape index (κ2) is 5.48. The van der Waals surface area contributed by atoms with Gasteiger partial charge in [0.2, 0.25) is 10.0 Å². The third kappa shape index (κ3) is 3.77. The molecule has 84 valence electrons. The van der Waals surface area contributed by atoms with Gasteiger partial charge in [0.25, 0.3) is 0 Å². The van der Waals surface area contributed by atoms with Crippen molar-refractivity contribution in [3.8, 4) is 0 Å². The van der Waals surface area contributed by atoms with Gasteiger partial charge < -0.3 is 4.74 Å². The Balaban J connectivity index is 4.88. The van der Waals surface area contributed by atoms with Crippen LogP contribution in [0.3, 0.4) is 0 Å². The predicted molar refractivity (Wildman–Crippen MR) is 57.3 cm³/mol. The SMILES string of the molecule is C=CC[C@H](OC)[C@@H](C(C)C)S(N)(=O)=O. The first-order chi connectivity index (χ1) is 6.34. The highest BCUT2D eigenvalue weighted by atomic mass is 32.2. The molecule has 0 bridgehead atoms. The van der Waals surface area contributed by atoms with Gasteiger partial charge in [-0.05, 0) is 12.3 Å². The van der Waals surface area contributed by atoms with Crippen molar-refractivity contribution in [2.75, 3.05) is 7.11 Å². The summed E-state index contributed by atoms with van der Waals surface area (Å²) < 4.78 is 27.7. The average Bonchev–Trinajstić information content (AvgIpc) is 2.00. The topological polar surface area (TPSA) is 69.4 Å². The van der Waals surface area contributed by atoms with E-state index in [0.29, 0.717) is 6.42 Å². The summed E-state index contributed by atoms with van der Waals surface area (Å²) in [6.45, 7) is 7.18. The molecule has 2 N–H and O–H groups in total. The highest BCUT2D eigenvalue weighted by Crippen LogP contribution is 2.18. The third-order valence-corrected chi connectivity index (χ3v) is 3.71. The Hall–Kier alpha value is -0.390.